The number of carbonyl (C=O) groups excluding carboxylic acids is 1. The summed E-state index contributed by atoms with van der Waals surface area (Å²) in [6.07, 6.45) is 0.228. The highest BCUT2D eigenvalue weighted by Gasteiger charge is 2.24. The molecule has 3 aromatic carbocycles. The summed E-state index contributed by atoms with van der Waals surface area (Å²) >= 11 is 0. The van der Waals surface area contributed by atoms with Crippen molar-refractivity contribution in [2.75, 3.05) is 23.3 Å². The van der Waals surface area contributed by atoms with Crippen LogP contribution in [-0.2, 0) is 14.8 Å². The lowest BCUT2D eigenvalue weighted by atomic mass is 9.95. The first-order valence-corrected chi connectivity index (χ1v) is 13.6. The van der Waals surface area contributed by atoms with Crippen LogP contribution in [0.15, 0.2) is 77.7 Å². The van der Waals surface area contributed by atoms with Crippen molar-refractivity contribution in [2.24, 2.45) is 0 Å². The minimum atomic E-state index is -4.12. The van der Waals surface area contributed by atoms with Crippen molar-refractivity contribution in [1.29, 1.82) is 0 Å². The topological polar surface area (TPSA) is 114 Å². The highest BCUT2D eigenvalue weighted by molar-refractivity contribution is 7.92. The molecule has 0 aliphatic rings. The molecular weight excluding hydrogens is 518 g/mol. The van der Waals surface area contributed by atoms with E-state index in [1.54, 1.807) is 19.1 Å². The molecule has 0 fully saturated rings. The van der Waals surface area contributed by atoms with Crippen molar-refractivity contribution in [3.05, 3.63) is 78.4 Å². The normalized spacial score (nSPS) is 13.8. The molecule has 0 aliphatic carbocycles. The number of hydrogen-bond donors (Lipinski definition) is 3. The lowest BCUT2D eigenvalue weighted by molar-refractivity contribution is -0.118. The van der Waals surface area contributed by atoms with Crippen LogP contribution in [0.4, 0.5) is 15.8 Å². The van der Waals surface area contributed by atoms with Gasteiger partial charge in [-0.1, -0.05) is 45.6 Å². The van der Waals surface area contributed by atoms with Gasteiger partial charge < -0.3 is 19.9 Å². The number of aliphatic hydroxyl groups excluding tert-OH is 1. The molecule has 1 amide bonds. The molecule has 11 heteroatoms. The predicted octanol–water partition coefficient (Wildman–Crippen LogP) is 4.89. The molecule has 8 nitrogen and oxygen atoms in total. The van der Waals surface area contributed by atoms with Crippen molar-refractivity contribution in [1.82, 2.24) is 0 Å². The zero-order valence-corrected chi connectivity index (χ0v) is 22.5. The molecule has 0 saturated heterocycles. The largest absolute Gasteiger partial charge is 0.492 e. The summed E-state index contributed by atoms with van der Waals surface area (Å²) in [5.74, 6) is -0.754. The second-order valence-electron chi connectivity index (χ2n) is 8.28. The average Bonchev–Trinajstić information content (AvgIpc) is 2.82. The van der Waals surface area contributed by atoms with E-state index in [1.807, 2.05) is 27.4 Å². The van der Waals surface area contributed by atoms with Crippen LogP contribution in [0.2, 0.25) is 0 Å². The molecule has 198 valence electrons. The van der Waals surface area contributed by atoms with Gasteiger partial charge in [0, 0.05) is 31.4 Å². The molecule has 0 heterocycles. The van der Waals surface area contributed by atoms with E-state index in [9.17, 15) is 22.7 Å². The second-order valence-corrected chi connectivity index (χ2v) is 11.0. The maximum atomic E-state index is 13.8. The Balaban J connectivity index is 1.85. The average molecular weight is 549 g/mol. The van der Waals surface area contributed by atoms with Crippen LogP contribution in [0, 0.1) is 0 Å². The molecule has 0 aliphatic heterocycles. The first-order valence-electron chi connectivity index (χ1n) is 11.6. The highest BCUT2D eigenvalue weighted by Crippen LogP contribution is 2.32. The SMILES string of the molecule is CCOc1cc(NC(=O)C(CCO)c2ccccc2)ccc1S(=O)(=O)Nc1cccc(OC(C)(F)P)c1. The van der Waals surface area contributed by atoms with E-state index in [4.69, 9.17) is 9.47 Å². The number of carbonyl (C=O) groups is 1. The van der Waals surface area contributed by atoms with E-state index in [2.05, 4.69) is 10.0 Å². The number of hydrogen-bond acceptors (Lipinski definition) is 6. The summed E-state index contributed by atoms with van der Waals surface area (Å²) in [6, 6.07) is 19.2. The molecule has 3 aromatic rings. The standard InChI is InChI=1S/C26H30FN2O6PS/c1-3-34-23-17-19(28-25(31)22(14-15-30)18-8-5-4-6-9-18)12-13-24(23)37(32,33)29-20-10-7-11-21(16-20)35-26(2,27)36/h4-13,16-17,22,29-30H,3,14-15,36H2,1-2H3,(H,28,31). The predicted molar refractivity (Wildman–Crippen MR) is 144 cm³/mol. The minimum absolute atomic E-state index is 0.0416. The summed E-state index contributed by atoms with van der Waals surface area (Å²) in [7, 11) is -2.21. The van der Waals surface area contributed by atoms with E-state index in [0.717, 1.165) is 5.56 Å². The van der Waals surface area contributed by atoms with Crippen LogP contribution in [0.5, 0.6) is 11.5 Å². The molecule has 3 unspecified atom stereocenters. The van der Waals surface area contributed by atoms with Crippen LogP contribution in [-0.4, -0.2) is 38.2 Å². The van der Waals surface area contributed by atoms with E-state index in [0.29, 0.717) is 5.69 Å². The lowest BCUT2D eigenvalue weighted by Gasteiger charge is -2.19. The van der Waals surface area contributed by atoms with Crippen LogP contribution in [0.25, 0.3) is 0 Å². The highest BCUT2D eigenvalue weighted by atomic mass is 32.2. The maximum absolute atomic E-state index is 13.8. The molecule has 0 aromatic heterocycles. The van der Waals surface area contributed by atoms with Gasteiger partial charge in [-0.2, -0.15) is 4.39 Å². The molecule has 37 heavy (non-hydrogen) atoms. The number of alkyl halides is 1. The van der Waals surface area contributed by atoms with Gasteiger partial charge in [0.15, 0.2) is 0 Å². The fraction of sp³-hybridized carbons (Fsp3) is 0.269. The Bertz CT molecular complexity index is 1320. The van der Waals surface area contributed by atoms with E-state index < -0.39 is 21.5 Å². The Morgan fingerprint density at radius 1 is 1.08 bits per heavy atom. The Kier molecular flexibility index (Phi) is 9.48. The zero-order valence-electron chi connectivity index (χ0n) is 20.5. The fourth-order valence-corrected chi connectivity index (χ4v) is 4.95. The number of halogens is 1. The van der Waals surface area contributed by atoms with Crippen molar-refractivity contribution < 1.29 is 32.2 Å². The van der Waals surface area contributed by atoms with Crippen molar-refractivity contribution >= 4 is 36.5 Å². The Hall–Kier alpha value is -3.20. The van der Waals surface area contributed by atoms with Crippen molar-refractivity contribution in [2.45, 2.75) is 36.7 Å². The van der Waals surface area contributed by atoms with Crippen LogP contribution >= 0.6 is 9.24 Å². The summed E-state index contributed by atoms with van der Waals surface area (Å²) < 4.78 is 53.3. The Labute approximate surface area is 218 Å². The maximum Gasteiger partial charge on any atom is 0.265 e. The lowest BCUT2D eigenvalue weighted by Crippen LogP contribution is -2.22. The third-order valence-electron chi connectivity index (χ3n) is 5.14. The molecule has 0 radical (unpaired) electrons. The molecule has 0 bridgehead atoms. The number of sulfonamides is 1. The van der Waals surface area contributed by atoms with E-state index in [-0.39, 0.29) is 47.6 Å². The Morgan fingerprint density at radius 3 is 2.46 bits per heavy atom. The number of anilines is 2. The number of amides is 1. The zero-order chi connectivity index (χ0) is 27.1. The summed E-state index contributed by atoms with van der Waals surface area (Å²) in [6.45, 7) is 2.92. The third-order valence-corrected chi connectivity index (χ3v) is 6.68. The van der Waals surface area contributed by atoms with Crippen molar-refractivity contribution in [3.8, 4) is 11.5 Å². The number of aliphatic hydroxyl groups is 1. The number of benzene rings is 3. The molecule has 3 rings (SSSR count). The van der Waals surface area contributed by atoms with Gasteiger partial charge >= 0.3 is 0 Å². The van der Waals surface area contributed by atoms with Gasteiger partial charge in [-0.3, -0.25) is 9.52 Å². The van der Waals surface area contributed by atoms with Crippen molar-refractivity contribution in [3.63, 3.8) is 0 Å². The second kappa shape index (κ2) is 12.4. The van der Waals surface area contributed by atoms with Crippen LogP contribution < -0.4 is 19.5 Å². The molecule has 3 N–H and O–H groups in total. The Morgan fingerprint density at radius 2 is 1.81 bits per heavy atom. The monoisotopic (exact) mass is 548 g/mol. The first-order chi connectivity index (χ1) is 17.5. The quantitative estimate of drug-likeness (QED) is 0.278. The van der Waals surface area contributed by atoms with Gasteiger partial charge in [-0.15, -0.1) is 0 Å². The fourth-order valence-electron chi connectivity index (χ4n) is 3.63. The molecular formula is C26H30FN2O6PS. The molecule has 0 spiro atoms. The number of ether oxygens (including phenoxy) is 2. The van der Waals surface area contributed by atoms with Gasteiger partial charge in [0.25, 0.3) is 15.6 Å². The third kappa shape index (κ3) is 8.15. The number of nitrogens with one attached hydrogen (secondary N) is 2. The smallest absolute Gasteiger partial charge is 0.265 e. The summed E-state index contributed by atoms with van der Waals surface area (Å²) in [5, 5.41) is 12.2. The van der Waals surface area contributed by atoms with Crippen LogP contribution in [0.3, 0.4) is 0 Å². The summed E-state index contributed by atoms with van der Waals surface area (Å²) in [5.41, 5.74) is -0.759. The molecule has 3 atom stereocenters. The van der Waals surface area contributed by atoms with Gasteiger partial charge in [0.2, 0.25) is 5.91 Å². The van der Waals surface area contributed by atoms with Gasteiger partial charge in [0.1, 0.15) is 16.4 Å². The first kappa shape index (κ1) is 28.4. The van der Waals surface area contributed by atoms with Gasteiger partial charge in [0.05, 0.1) is 18.2 Å². The molecule has 0 saturated carbocycles. The van der Waals surface area contributed by atoms with Gasteiger partial charge in [-0.05, 0) is 43.2 Å². The van der Waals surface area contributed by atoms with E-state index in [1.165, 1.54) is 49.4 Å². The van der Waals surface area contributed by atoms with Gasteiger partial charge in [-0.25, -0.2) is 8.42 Å². The minimum Gasteiger partial charge on any atom is -0.492 e. The number of rotatable bonds is 12. The van der Waals surface area contributed by atoms with Crippen LogP contribution in [0.1, 0.15) is 31.7 Å². The van der Waals surface area contributed by atoms with E-state index >= 15 is 0 Å². The summed E-state index contributed by atoms with van der Waals surface area (Å²) in [4.78, 5) is 12.8.